The fourth-order valence-corrected chi connectivity index (χ4v) is 2.26. The first-order chi connectivity index (χ1) is 7.92. The maximum absolute atomic E-state index is 8.25. The highest BCUT2D eigenvalue weighted by Gasteiger charge is 2.25. The van der Waals surface area contributed by atoms with E-state index in [1.54, 1.807) is 6.20 Å². The van der Waals surface area contributed by atoms with Crippen molar-refractivity contribution in [3.8, 4) is 0 Å². The first-order valence-electron chi connectivity index (χ1n) is 5.56. The first-order valence-corrected chi connectivity index (χ1v) is 5.56. The Morgan fingerprint density at radius 3 is 3.31 bits per heavy atom. The minimum atomic E-state index is 0.447. The summed E-state index contributed by atoms with van der Waals surface area (Å²) < 4.78 is 0. The predicted molar refractivity (Wildman–Crippen MR) is 61.8 cm³/mol. The summed E-state index contributed by atoms with van der Waals surface area (Å²) in [4.78, 5) is 9.30. The smallest absolute Gasteiger partial charge is 0.0386 e. The van der Waals surface area contributed by atoms with Crippen molar-refractivity contribution in [2.24, 2.45) is 5.11 Å². The Labute approximate surface area is 94.7 Å². The topological polar surface area (TPSA) is 64.9 Å². The van der Waals surface area contributed by atoms with Crippen LogP contribution in [0.4, 0.5) is 0 Å². The molecule has 1 fully saturated rings. The van der Waals surface area contributed by atoms with Gasteiger partial charge in [-0.15, -0.1) is 0 Å². The molecule has 0 unspecified atom stereocenters. The number of hydrogen-bond donors (Lipinski definition) is 0. The molecule has 0 spiro atoms. The Morgan fingerprint density at radius 1 is 1.62 bits per heavy atom. The van der Waals surface area contributed by atoms with Crippen LogP contribution in [-0.2, 0) is 0 Å². The van der Waals surface area contributed by atoms with Crippen molar-refractivity contribution in [3.63, 3.8) is 0 Å². The monoisotopic (exact) mass is 217 g/mol. The molecule has 1 aromatic heterocycles. The van der Waals surface area contributed by atoms with E-state index in [-0.39, 0.29) is 0 Å². The Bertz CT molecular complexity index is 371. The van der Waals surface area contributed by atoms with Crippen LogP contribution in [0.15, 0.2) is 29.6 Å². The average molecular weight is 217 g/mol. The van der Waals surface area contributed by atoms with Gasteiger partial charge in [0.05, 0.1) is 0 Å². The normalized spacial score (nSPS) is 20.6. The fraction of sp³-hybridized carbons (Fsp3) is 0.545. The zero-order valence-electron chi connectivity index (χ0n) is 9.16. The van der Waals surface area contributed by atoms with Crippen LogP contribution < -0.4 is 0 Å². The van der Waals surface area contributed by atoms with Crippen LogP contribution in [-0.4, -0.2) is 29.5 Å². The summed E-state index contributed by atoms with van der Waals surface area (Å²) in [6.45, 7) is 2.47. The summed E-state index contributed by atoms with van der Waals surface area (Å²) in [7, 11) is 0. The second kappa shape index (κ2) is 5.49. The lowest BCUT2D eigenvalue weighted by Crippen LogP contribution is -2.25. The van der Waals surface area contributed by atoms with Gasteiger partial charge in [0.2, 0.25) is 0 Å². The number of aromatic nitrogens is 1. The van der Waals surface area contributed by atoms with Gasteiger partial charge < -0.3 is 0 Å². The fourth-order valence-electron chi connectivity index (χ4n) is 2.26. The number of hydrogen-bond acceptors (Lipinski definition) is 3. The molecule has 2 rings (SSSR count). The van der Waals surface area contributed by atoms with Gasteiger partial charge in [-0.1, -0.05) is 11.2 Å². The zero-order valence-corrected chi connectivity index (χ0v) is 9.16. The van der Waals surface area contributed by atoms with Crippen LogP contribution in [0.2, 0.25) is 0 Å². The van der Waals surface area contributed by atoms with Gasteiger partial charge in [-0.05, 0) is 36.5 Å². The van der Waals surface area contributed by atoms with E-state index in [2.05, 4.69) is 26.0 Å². The molecule has 0 amide bonds. The molecule has 1 aliphatic rings. The minimum absolute atomic E-state index is 0.447. The van der Waals surface area contributed by atoms with Gasteiger partial charge in [-0.25, -0.2) is 0 Å². The summed E-state index contributed by atoms with van der Waals surface area (Å²) in [6, 6.07) is 4.53. The largest absolute Gasteiger partial charge is 0.296 e. The third-order valence-corrected chi connectivity index (χ3v) is 2.98. The summed E-state index contributed by atoms with van der Waals surface area (Å²) >= 11 is 0. The molecule has 1 aromatic rings. The van der Waals surface area contributed by atoms with Crippen molar-refractivity contribution >= 4 is 0 Å². The number of pyridine rings is 1. The van der Waals surface area contributed by atoms with Gasteiger partial charge in [0.1, 0.15) is 0 Å². The Hall–Kier alpha value is -1.58. The summed E-state index contributed by atoms with van der Waals surface area (Å²) in [5.41, 5.74) is 9.52. The van der Waals surface area contributed by atoms with E-state index in [0.717, 1.165) is 13.1 Å². The molecule has 0 N–H and O–H groups in total. The molecule has 5 nitrogen and oxygen atoms in total. The third kappa shape index (κ3) is 2.51. The van der Waals surface area contributed by atoms with Crippen molar-refractivity contribution in [1.29, 1.82) is 0 Å². The second-order valence-corrected chi connectivity index (χ2v) is 3.93. The minimum Gasteiger partial charge on any atom is -0.296 e. The Morgan fingerprint density at radius 2 is 2.56 bits per heavy atom. The highest BCUT2D eigenvalue weighted by Crippen LogP contribution is 2.30. The van der Waals surface area contributed by atoms with Crippen LogP contribution in [0.25, 0.3) is 10.4 Å². The molecule has 1 atom stereocenters. The zero-order chi connectivity index (χ0) is 11.2. The molecule has 0 radical (unpaired) electrons. The van der Waals surface area contributed by atoms with Crippen LogP contribution >= 0.6 is 0 Å². The number of likely N-dealkylation sites (tertiary alicyclic amines) is 1. The summed E-state index contributed by atoms with van der Waals surface area (Å²) in [5, 5.41) is 3.59. The third-order valence-electron chi connectivity index (χ3n) is 2.98. The molecule has 16 heavy (non-hydrogen) atoms. The highest BCUT2D eigenvalue weighted by molar-refractivity contribution is 5.15. The molecule has 0 aliphatic carbocycles. The van der Waals surface area contributed by atoms with Gasteiger partial charge in [-0.3, -0.25) is 9.88 Å². The molecule has 84 valence electrons. The van der Waals surface area contributed by atoms with Crippen LogP contribution in [0, 0.1) is 0 Å². The van der Waals surface area contributed by atoms with Crippen molar-refractivity contribution in [1.82, 2.24) is 9.88 Å². The molecule has 0 bridgehead atoms. The molecule has 2 heterocycles. The van der Waals surface area contributed by atoms with E-state index in [9.17, 15) is 0 Å². The van der Waals surface area contributed by atoms with Gasteiger partial charge in [0.15, 0.2) is 0 Å². The molecule has 5 heteroatoms. The molecule has 1 saturated heterocycles. The van der Waals surface area contributed by atoms with Crippen molar-refractivity contribution in [2.45, 2.75) is 18.9 Å². The Kier molecular flexibility index (Phi) is 3.75. The predicted octanol–water partition coefficient (Wildman–Crippen LogP) is 2.53. The Balaban J connectivity index is 2.00. The van der Waals surface area contributed by atoms with Crippen molar-refractivity contribution < 1.29 is 0 Å². The van der Waals surface area contributed by atoms with E-state index in [1.165, 1.54) is 18.4 Å². The average Bonchev–Trinajstić information content (AvgIpc) is 2.79. The number of azide groups is 1. The maximum Gasteiger partial charge on any atom is 0.0386 e. The van der Waals surface area contributed by atoms with E-state index in [4.69, 9.17) is 5.53 Å². The summed E-state index contributed by atoms with van der Waals surface area (Å²) in [5.74, 6) is 0. The van der Waals surface area contributed by atoms with Crippen molar-refractivity contribution in [2.75, 3.05) is 19.6 Å². The van der Waals surface area contributed by atoms with E-state index in [1.807, 2.05) is 12.3 Å². The van der Waals surface area contributed by atoms with Crippen molar-refractivity contribution in [3.05, 3.63) is 40.5 Å². The highest BCUT2D eigenvalue weighted by atomic mass is 15.2. The van der Waals surface area contributed by atoms with Crippen LogP contribution in [0.1, 0.15) is 24.4 Å². The lowest BCUT2D eigenvalue weighted by atomic mass is 10.1. The standard InChI is InChI=1S/C11H15N5/c12-15-14-6-8-16-7-2-4-11(16)10-3-1-5-13-9-10/h1,3,5,9,11H,2,4,6-8H2/t11-/m1/s1. The maximum atomic E-state index is 8.25. The quantitative estimate of drug-likeness (QED) is 0.442. The molecular formula is C11H15N5. The second-order valence-electron chi connectivity index (χ2n) is 3.93. The van der Waals surface area contributed by atoms with Gasteiger partial charge in [0.25, 0.3) is 0 Å². The van der Waals surface area contributed by atoms with E-state index in [0.29, 0.717) is 12.6 Å². The van der Waals surface area contributed by atoms with Crippen LogP contribution in [0.3, 0.4) is 0 Å². The molecule has 0 aromatic carbocycles. The molecule has 1 aliphatic heterocycles. The number of rotatable bonds is 4. The SMILES string of the molecule is [N-]=[N+]=NCCN1CCC[C@@H]1c1cccnc1. The van der Waals surface area contributed by atoms with E-state index < -0.39 is 0 Å². The summed E-state index contributed by atoms with van der Waals surface area (Å²) in [6.07, 6.45) is 6.09. The lowest BCUT2D eigenvalue weighted by molar-refractivity contribution is 0.264. The number of nitrogens with zero attached hydrogens (tertiary/aromatic N) is 5. The van der Waals surface area contributed by atoms with Crippen LogP contribution in [0.5, 0.6) is 0 Å². The van der Waals surface area contributed by atoms with E-state index >= 15 is 0 Å². The first kappa shape index (κ1) is 10.9. The molecular weight excluding hydrogens is 202 g/mol. The lowest BCUT2D eigenvalue weighted by Gasteiger charge is -2.23. The van der Waals surface area contributed by atoms with Gasteiger partial charge >= 0.3 is 0 Å². The van der Waals surface area contributed by atoms with Gasteiger partial charge in [-0.2, -0.15) is 0 Å². The van der Waals surface area contributed by atoms with Gasteiger partial charge in [0, 0.05) is 36.4 Å². The molecule has 0 saturated carbocycles.